The lowest BCUT2D eigenvalue weighted by molar-refractivity contribution is -0.113. The van der Waals surface area contributed by atoms with Gasteiger partial charge in [-0.15, -0.1) is 0 Å². The molecule has 3 N–H and O–H groups in total. The Morgan fingerprint density at radius 1 is 1.08 bits per heavy atom. The number of halogens is 2. The van der Waals surface area contributed by atoms with E-state index in [1.165, 1.54) is 0 Å². The fraction of sp³-hybridized carbons (Fsp3) is 0.111. The van der Waals surface area contributed by atoms with Crippen molar-refractivity contribution in [2.45, 2.75) is 13.0 Å². The topological polar surface area (TPSA) is 53.2 Å². The summed E-state index contributed by atoms with van der Waals surface area (Å²) in [7, 11) is 0. The average Bonchev–Trinajstić information content (AvgIpc) is 2.56. The minimum Gasteiger partial charge on any atom is -0.351 e. The van der Waals surface area contributed by atoms with Gasteiger partial charge in [0.1, 0.15) is 0 Å². The van der Waals surface area contributed by atoms with Crippen molar-refractivity contribution in [3.05, 3.63) is 75.4 Å². The number of allylic oxidation sites excluding steroid dienone is 1. The number of hydrogen-bond donors (Lipinski definition) is 3. The zero-order valence-electron chi connectivity index (χ0n) is 13.3. The quantitative estimate of drug-likeness (QED) is 0.677. The van der Waals surface area contributed by atoms with E-state index >= 15 is 0 Å². The van der Waals surface area contributed by atoms with Crippen molar-refractivity contribution >= 4 is 52.1 Å². The lowest BCUT2D eigenvalue weighted by atomic mass is 9.95. The Morgan fingerprint density at radius 2 is 1.72 bits per heavy atom. The summed E-state index contributed by atoms with van der Waals surface area (Å²) in [6, 6.07) is 14.0. The van der Waals surface area contributed by atoms with Crippen LogP contribution in [0.2, 0.25) is 10.0 Å². The van der Waals surface area contributed by atoms with Gasteiger partial charge in [0.05, 0.1) is 22.3 Å². The largest absolute Gasteiger partial charge is 0.351 e. The summed E-state index contributed by atoms with van der Waals surface area (Å²) in [5.74, 6) is -0.280. The van der Waals surface area contributed by atoms with Gasteiger partial charge in [-0.05, 0) is 42.9 Å². The first kappa shape index (κ1) is 17.7. The Balaban J connectivity index is 1.99. The van der Waals surface area contributed by atoms with Gasteiger partial charge in [0.2, 0.25) is 0 Å². The van der Waals surface area contributed by atoms with Gasteiger partial charge in [-0.3, -0.25) is 4.79 Å². The van der Waals surface area contributed by atoms with Gasteiger partial charge in [0, 0.05) is 10.7 Å². The number of para-hydroxylation sites is 1. The molecule has 1 atom stereocenters. The van der Waals surface area contributed by atoms with Crippen LogP contribution in [0.4, 0.5) is 5.69 Å². The summed E-state index contributed by atoms with van der Waals surface area (Å²) in [6.07, 6.45) is 0. The molecule has 0 aliphatic carbocycles. The number of rotatable bonds is 3. The molecule has 0 fully saturated rings. The Kier molecular flexibility index (Phi) is 5.27. The molecule has 3 rings (SSSR count). The molecule has 2 aromatic carbocycles. The Morgan fingerprint density at radius 3 is 2.40 bits per heavy atom. The molecule has 1 amide bonds. The summed E-state index contributed by atoms with van der Waals surface area (Å²) in [5, 5.41) is 10.4. The molecule has 1 aliphatic heterocycles. The molecule has 1 aliphatic rings. The summed E-state index contributed by atoms with van der Waals surface area (Å²) in [4.78, 5) is 12.9. The number of thiocarbonyl (C=S) groups is 1. The van der Waals surface area contributed by atoms with Gasteiger partial charge in [0.25, 0.3) is 5.91 Å². The number of amides is 1. The summed E-state index contributed by atoms with van der Waals surface area (Å²) >= 11 is 17.7. The first-order valence-corrected chi connectivity index (χ1v) is 8.72. The van der Waals surface area contributed by atoms with Crippen LogP contribution in [-0.4, -0.2) is 11.0 Å². The molecule has 4 nitrogen and oxygen atoms in total. The smallest absolute Gasteiger partial charge is 0.255 e. The zero-order chi connectivity index (χ0) is 18.0. The first-order valence-electron chi connectivity index (χ1n) is 7.56. The third kappa shape index (κ3) is 3.79. The molecule has 0 unspecified atom stereocenters. The van der Waals surface area contributed by atoms with Gasteiger partial charge in [-0.25, -0.2) is 0 Å². The average molecular weight is 392 g/mol. The van der Waals surface area contributed by atoms with Crippen LogP contribution in [0.5, 0.6) is 0 Å². The van der Waals surface area contributed by atoms with Crippen LogP contribution in [0, 0.1) is 0 Å². The SMILES string of the molecule is CC1=C(C(=O)Nc2ccccc2Cl)[C@@H](c2ccccc2Cl)NC(=S)N1. The molecule has 25 heavy (non-hydrogen) atoms. The molecule has 0 spiro atoms. The zero-order valence-corrected chi connectivity index (χ0v) is 15.6. The molecule has 7 heteroatoms. The van der Waals surface area contributed by atoms with E-state index in [1.807, 2.05) is 18.2 Å². The van der Waals surface area contributed by atoms with Gasteiger partial charge < -0.3 is 16.0 Å². The molecule has 128 valence electrons. The van der Waals surface area contributed by atoms with Crippen LogP contribution < -0.4 is 16.0 Å². The van der Waals surface area contributed by atoms with Gasteiger partial charge in [0.15, 0.2) is 5.11 Å². The highest BCUT2D eigenvalue weighted by Crippen LogP contribution is 2.32. The van der Waals surface area contributed by atoms with Crippen LogP contribution >= 0.6 is 35.4 Å². The van der Waals surface area contributed by atoms with E-state index in [1.54, 1.807) is 37.3 Å². The molecule has 1 heterocycles. The van der Waals surface area contributed by atoms with Crippen molar-refractivity contribution in [1.82, 2.24) is 10.6 Å². The maximum atomic E-state index is 12.9. The highest BCUT2D eigenvalue weighted by molar-refractivity contribution is 7.80. The Labute approximate surface area is 161 Å². The van der Waals surface area contributed by atoms with E-state index in [2.05, 4.69) is 16.0 Å². The van der Waals surface area contributed by atoms with E-state index in [-0.39, 0.29) is 5.91 Å². The van der Waals surface area contributed by atoms with E-state index in [4.69, 9.17) is 35.4 Å². The number of anilines is 1. The lowest BCUT2D eigenvalue weighted by Gasteiger charge is -2.30. The van der Waals surface area contributed by atoms with Crippen molar-refractivity contribution in [2.24, 2.45) is 0 Å². The van der Waals surface area contributed by atoms with E-state index in [0.717, 1.165) is 5.56 Å². The highest BCUT2D eigenvalue weighted by Gasteiger charge is 2.31. The fourth-order valence-electron chi connectivity index (χ4n) is 2.69. The first-order chi connectivity index (χ1) is 12.0. The van der Waals surface area contributed by atoms with Crippen molar-refractivity contribution in [3.8, 4) is 0 Å². The molecule has 0 saturated heterocycles. The van der Waals surface area contributed by atoms with Crippen LogP contribution in [0.25, 0.3) is 0 Å². The molecule has 0 saturated carbocycles. The lowest BCUT2D eigenvalue weighted by Crippen LogP contribution is -2.45. The van der Waals surface area contributed by atoms with Crippen LogP contribution in [-0.2, 0) is 4.79 Å². The second-order valence-corrected chi connectivity index (χ2v) is 6.75. The standard InChI is InChI=1S/C18H15Cl2N3OS/c1-10-15(17(24)22-14-9-5-4-8-13(14)20)16(23-18(25)21-10)11-6-2-3-7-12(11)19/h2-9,16H,1H3,(H,22,24)(H2,21,23,25)/t16-/m1/s1. The Bertz CT molecular complexity index is 882. The molecular weight excluding hydrogens is 377 g/mol. The number of carbonyl (C=O) groups is 1. The number of benzene rings is 2. The van der Waals surface area contributed by atoms with Crippen molar-refractivity contribution in [1.29, 1.82) is 0 Å². The molecule has 2 aromatic rings. The molecule has 0 bridgehead atoms. The second kappa shape index (κ2) is 7.44. The Hall–Kier alpha value is -2.08. The maximum Gasteiger partial charge on any atom is 0.255 e. The van der Waals surface area contributed by atoms with Crippen molar-refractivity contribution < 1.29 is 4.79 Å². The van der Waals surface area contributed by atoms with Gasteiger partial charge in [-0.1, -0.05) is 53.5 Å². The summed E-state index contributed by atoms with van der Waals surface area (Å²) < 4.78 is 0. The van der Waals surface area contributed by atoms with Crippen LogP contribution in [0.1, 0.15) is 18.5 Å². The van der Waals surface area contributed by atoms with E-state index in [9.17, 15) is 4.79 Å². The predicted molar refractivity (Wildman–Crippen MR) is 106 cm³/mol. The highest BCUT2D eigenvalue weighted by atomic mass is 35.5. The normalized spacial score (nSPS) is 16.9. The maximum absolute atomic E-state index is 12.9. The minimum absolute atomic E-state index is 0.280. The summed E-state index contributed by atoms with van der Waals surface area (Å²) in [6.45, 7) is 1.80. The van der Waals surface area contributed by atoms with Crippen molar-refractivity contribution in [3.63, 3.8) is 0 Å². The van der Waals surface area contributed by atoms with E-state index < -0.39 is 6.04 Å². The number of hydrogen-bond acceptors (Lipinski definition) is 2. The monoisotopic (exact) mass is 391 g/mol. The molecular formula is C18H15Cl2N3OS. The number of carbonyl (C=O) groups excluding carboxylic acids is 1. The van der Waals surface area contributed by atoms with E-state index in [0.29, 0.717) is 32.1 Å². The third-order valence-electron chi connectivity index (χ3n) is 3.85. The molecule has 0 radical (unpaired) electrons. The van der Waals surface area contributed by atoms with Crippen LogP contribution in [0.3, 0.4) is 0 Å². The predicted octanol–water partition coefficient (Wildman–Crippen LogP) is 4.42. The molecule has 0 aromatic heterocycles. The number of nitrogens with one attached hydrogen (secondary N) is 3. The second-order valence-electron chi connectivity index (χ2n) is 5.53. The third-order valence-corrected chi connectivity index (χ3v) is 4.75. The minimum atomic E-state index is -0.454. The summed E-state index contributed by atoms with van der Waals surface area (Å²) in [5.41, 5.74) is 2.48. The van der Waals surface area contributed by atoms with Crippen LogP contribution in [0.15, 0.2) is 59.8 Å². The van der Waals surface area contributed by atoms with Gasteiger partial charge >= 0.3 is 0 Å². The fourth-order valence-corrected chi connectivity index (χ4v) is 3.39. The van der Waals surface area contributed by atoms with Crippen molar-refractivity contribution in [2.75, 3.05) is 5.32 Å². The van der Waals surface area contributed by atoms with Gasteiger partial charge in [-0.2, -0.15) is 0 Å².